The molecule has 1 aliphatic rings. The van der Waals surface area contributed by atoms with Gasteiger partial charge < -0.3 is 16.0 Å². The number of hydrogen-bond donors (Lipinski definition) is 2. The maximum absolute atomic E-state index is 12.4. The third-order valence-corrected chi connectivity index (χ3v) is 3.24. The Kier molecular flexibility index (Phi) is 3.55. The zero-order valence-electron chi connectivity index (χ0n) is 10.8. The number of nitrogens with two attached hydrogens (primary N) is 1. The van der Waals surface area contributed by atoms with Crippen LogP contribution in [0, 0.1) is 10.1 Å². The lowest BCUT2D eigenvalue weighted by molar-refractivity contribution is -0.384. The lowest BCUT2D eigenvalue weighted by Gasteiger charge is -2.32. The van der Waals surface area contributed by atoms with Crippen molar-refractivity contribution in [3.8, 4) is 0 Å². The summed E-state index contributed by atoms with van der Waals surface area (Å²) in [5.41, 5.74) is 4.96. The van der Waals surface area contributed by atoms with Crippen LogP contribution in [0.1, 0.15) is 17.3 Å². The summed E-state index contributed by atoms with van der Waals surface area (Å²) in [6.45, 7) is 2.20. The molecule has 1 aliphatic heterocycles. The van der Waals surface area contributed by atoms with Gasteiger partial charge in [-0.15, -0.1) is 0 Å². The molecule has 1 fully saturated rings. The molecule has 0 saturated carbocycles. The average molecular weight is 278 g/mol. The molecule has 1 unspecified atom stereocenters. The van der Waals surface area contributed by atoms with Crippen LogP contribution in [0.2, 0.25) is 0 Å². The zero-order chi connectivity index (χ0) is 14.9. The monoisotopic (exact) mass is 278 g/mol. The Morgan fingerprint density at radius 1 is 1.55 bits per heavy atom. The molecule has 0 aromatic heterocycles. The highest BCUT2D eigenvalue weighted by atomic mass is 16.6. The van der Waals surface area contributed by atoms with Crippen molar-refractivity contribution in [2.75, 3.05) is 18.8 Å². The Labute approximate surface area is 114 Å². The number of nitro benzene ring substituents is 1. The summed E-state index contributed by atoms with van der Waals surface area (Å²) >= 11 is 0. The van der Waals surface area contributed by atoms with Crippen LogP contribution in [0.25, 0.3) is 0 Å². The van der Waals surface area contributed by atoms with E-state index in [9.17, 15) is 19.7 Å². The van der Waals surface area contributed by atoms with E-state index in [1.54, 1.807) is 6.92 Å². The lowest BCUT2D eigenvalue weighted by atomic mass is 10.1. The van der Waals surface area contributed by atoms with E-state index in [4.69, 9.17) is 5.73 Å². The molecule has 1 saturated heterocycles. The van der Waals surface area contributed by atoms with Crippen LogP contribution < -0.4 is 11.1 Å². The molecular formula is C12H14N4O4. The first-order valence-corrected chi connectivity index (χ1v) is 6.05. The van der Waals surface area contributed by atoms with Crippen molar-refractivity contribution in [3.05, 3.63) is 33.9 Å². The number of nitrogens with one attached hydrogen (secondary N) is 1. The van der Waals surface area contributed by atoms with Crippen molar-refractivity contribution in [1.82, 2.24) is 10.2 Å². The van der Waals surface area contributed by atoms with E-state index in [1.807, 2.05) is 0 Å². The summed E-state index contributed by atoms with van der Waals surface area (Å²) in [5.74, 6) is -0.845. The first-order chi connectivity index (χ1) is 9.43. The van der Waals surface area contributed by atoms with Gasteiger partial charge in [0, 0.05) is 13.1 Å². The predicted molar refractivity (Wildman–Crippen MR) is 71.0 cm³/mol. The first-order valence-electron chi connectivity index (χ1n) is 6.05. The van der Waals surface area contributed by atoms with Gasteiger partial charge in [-0.2, -0.15) is 0 Å². The molecule has 1 aromatic carbocycles. The van der Waals surface area contributed by atoms with Gasteiger partial charge in [0.1, 0.15) is 17.3 Å². The number of piperazine rings is 1. The van der Waals surface area contributed by atoms with Crippen LogP contribution in [0.4, 0.5) is 11.4 Å². The third kappa shape index (κ3) is 2.27. The molecule has 3 N–H and O–H groups in total. The Bertz CT molecular complexity index is 587. The summed E-state index contributed by atoms with van der Waals surface area (Å²) in [6, 6.07) is 3.51. The van der Waals surface area contributed by atoms with Gasteiger partial charge in [-0.25, -0.2) is 0 Å². The van der Waals surface area contributed by atoms with Crippen LogP contribution in [0.5, 0.6) is 0 Å². The number of rotatable bonds is 2. The van der Waals surface area contributed by atoms with E-state index < -0.39 is 22.6 Å². The number of carbonyl (C=O) groups is 2. The van der Waals surface area contributed by atoms with Crippen molar-refractivity contribution < 1.29 is 14.5 Å². The zero-order valence-corrected chi connectivity index (χ0v) is 10.8. The van der Waals surface area contributed by atoms with Crippen LogP contribution in [0.3, 0.4) is 0 Å². The summed E-state index contributed by atoms with van der Waals surface area (Å²) in [7, 11) is 0. The van der Waals surface area contributed by atoms with Gasteiger partial charge in [0.25, 0.3) is 5.91 Å². The molecule has 8 heteroatoms. The number of benzene rings is 1. The summed E-state index contributed by atoms with van der Waals surface area (Å²) < 4.78 is 0. The van der Waals surface area contributed by atoms with Crippen LogP contribution in [-0.2, 0) is 4.79 Å². The fraction of sp³-hybridized carbons (Fsp3) is 0.333. The molecule has 1 atom stereocenters. The van der Waals surface area contributed by atoms with Gasteiger partial charge in [0.2, 0.25) is 5.91 Å². The molecule has 1 heterocycles. The number of hydrogen-bond acceptors (Lipinski definition) is 5. The number of nitro groups is 1. The Morgan fingerprint density at radius 3 is 2.90 bits per heavy atom. The normalized spacial score (nSPS) is 18.6. The summed E-state index contributed by atoms with van der Waals surface area (Å²) in [6.07, 6.45) is 0. The second-order valence-electron chi connectivity index (χ2n) is 4.47. The van der Waals surface area contributed by atoms with Gasteiger partial charge in [-0.3, -0.25) is 19.7 Å². The molecule has 106 valence electrons. The highest BCUT2D eigenvalue weighted by Gasteiger charge is 2.33. The SMILES string of the molecule is CC1C(=O)NCCN1C(=O)c1cccc(N)c1[N+](=O)[O-]. The average Bonchev–Trinajstić information content (AvgIpc) is 2.40. The number of carbonyl (C=O) groups excluding carboxylic acids is 2. The molecule has 0 bridgehead atoms. The van der Waals surface area contributed by atoms with Gasteiger partial charge in [-0.05, 0) is 19.1 Å². The molecule has 2 amide bonds. The largest absolute Gasteiger partial charge is 0.393 e. The molecule has 0 radical (unpaired) electrons. The van der Waals surface area contributed by atoms with Crippen molar-refractivity contribution in [2.45, 2.75) is 13.0 Å². The number of amides is 2. The molecular weight excluding hydrogens is 264 g/mol. The maximum atomic E-state index is 12.4. The van der Waals surface area contributed by atoms with E-state index in [1.165, 1.54) is 23.1 Å². The number of para-hydroxylation sites is 1. The summed E-state index contributed by atoms with van der Waals surface area (Å²) in [5, 5.41) is 13.7. The lowest BCUT2D eigenvalue weighted by Crippen LogP contribution is -2.55. The van der Waals surface area contributed by atoms with Crippen LogP contribution in [-0.4, -0.2) is 40.8 Å². The highest BCUT2D eigenvalue weighted by molar-refractivity contribution is 6.02. The molecule has 20 heavy (non-hydrogen) atoms. The molecule has 0 aliphatic carbocycles. The van der Waals surface area contributed by atoms with E-state index in [2.05, 4.69) is 5.32 Å². The van der Waals surface area contributed by atoms with E-state index in [0.29, 0.717) is 13.1 Å². The quantitative estimate of drug-likeness (QED) is 0.453. The minimum Gasteiger partial charge on any atom is -0.393 e. The van der Waals surface area contributed by atoms with E-state index in [-0.39, 0.29) is 17.2 Å². The highest BCUT2D eigenvalue weighted by Crippen LogP contribution is 2.27. The number of anilines is 1. The Hall–Kier alpha value is -2.64. The molecule has 2 rings (SSSR count). The van der Waals surface area contributed by atoms with Gasteiger partial charge >= 0.3 is 5.69 Å². The first kappa shape index (κ1) is 13.8. The number of nitrogens with zero attached hydrogens (tertiary/aromatic N) is 2. The Balaban J connectivity index is 2.41. The second kappa shape index (κ2) is 5.16. The van der Waals surface area contributed by atoms with Gasteiger partial charge in [0.15, 0.2) is 0 Å². The van der Waals surface area contributed by atoms with Crippen LogP contribution in [0.15, 0.2) is 18.2 Å². The van der Waals surface area contributed by atoms with Gasteiger partial charge in [0.05, 0.1) is 4.92 Å². The van der Waals surface area contributed by atoms with Crippen LogP contribution >= 0.6 is 0 Å². The topological polar surface area (TPSA) is 119 Å². The second-order valence-corrected chi connectivity index (χ2v) is 4.47. The minimum absolute atomic E-state index is 0.0741. The fourth-order valence-corrected chi connectivity index (χ4v) is 2.15. The van der Waals surface area contributed by atoms with Crippen molar-refractivity contribution in [3.63, 3.8) is 0 Å². The smallest absolute Gasteiger partial charge is 0.304 e. The Morgan fingerprint density at radius 2 is 2.25 bits per heavy atom. The van der Waals surface area contributed by atoms with E-state index >= 15 is 0 Å². The maximum Gasteiger partial charge on any atom is 0.304 e. The van der Waals surface area contributed by atoms with Crippen molar-refractivity contribution in [2.24, 2.45) is 0 Å². The van der Waals surface area contributed by atoms with Crippen molar-refractivity contribution >= 4 is 23.2 Å². The molecule has 1 aromatic rings. The van der Waals surface area contributed by atoms with E-state index in [0.717, 1.165) is 0 Å². The fourth-order valence-electron chi connectivity index (χ4n) is 2.15. The van der Waals surface area contributed by atoms with Crippen molar-refractivity contribution in [1.29, 1.82) is 0 Å². The number of nitrogen functional groups attached to an aromatic ring is 1. The summed E-state index contributed by atoms with van der Waals surface area (Å²) in [4.78, 5) is 35.7. The standard InChI is InChI=1S/C12H14N4O4/c1-7-11(17)14-5-6-15(7)12(18)8-3-2-4-9(13)10(8)16(19)20/h2-4,7H,5-6,13H2,1H3,(H,14,17). The van der Waals surface area contributed by atoms with Gasteiger partial charge in [-0.1, -0.05) is 6.07 Å². The minimum atomic E-state index is -0.683. The predicted octanol–water partition coefficient (Wildman–Crippen LogP) is 0.138. The molecule has 0 spiro atoms. The third-order valence-electron chi connectivity index (χ3n) is 3.24. The molecule has 8 nitrogen and oxygen atoms in total.